The van der Waals surface area contributed by atoms with Crippen molar-refractivity contribution in [1.82, 2.24) is 0 Å². The van der Waals surface area contributed by atoms with Crippen LogP contribution >= 0.6 is 15.9 Å². The third-order valence-electron chi connectivity index (χ3n) is 4.05. The van der Waals surface area contributed by atoms with E-state index >= 15 is 0 Å². The van der Waals surface area contributed by atoms with Crippen molar-refractivity contribution in [1.29, 1.82) is 0 Å². The molecule has 0 aliphatic carbocycles. The minimum Gasteiger partial charge on any atom is -0.494 e. The maximum Gasteiger partial charge on any atom is 0.229 e. The second-order valence-electron chi connectivity index (χ2n) is 5.83. The van der Waals surface area contributed by atoms with E-state index in [1.165, 1.54) is 0 Å². The van der Waals surface area contributed by atoms with Crippen LogP contribution in [-0.4, -0.2) is 25.0 Å². The molecule has 1 atom stereocenters. The molecule has 25 heavy (non-hydrogen) atoms. The number of carbonyl (C=O) groups is 2. The summed E-state index contributed by atoms with van der Waals surface area (Å²) < 4.78 is 6.31. The van der Waals surface area contributed by atoms with Crippen LogP contribution in [0.3, 0.4) is 0 Å². The first-order chi connectivity index (χ1) is 12.1. The third-order valence-corrected chi connectivity index (χ3v) is 4.54. The fraction of sp³-hybridized carbons (Fsp3) is 0.263. The average Bonchev–Trinajstić information content (AvgIpc) is 2.98. The molecule has 0 spiro atoms. The van der Waals surface area contributed by atoms with E-state index in [4.69, 9.17) is 4.74 Å². The first kappa shape index (κ1) is 17.5. The smallest absolute Gasteiger partial charge is 0.229 e. The van der Waals surface area contributed by atoms with Gasteiger partial charge in [0.2, 0.25) is 11.8 Å². The average molecular weight is 403 g/mol. The summed E-state index contributed by atoms with van der Waals surface area (Å²) in [7, 11) is 0. The summed E-state index contributed by atoms with van der Waals surface area (Å²) in [5, 5.41) is 2.88. The van der Waals surface area contributed by atoms with Gasteiger partial charge in [0.05, 0.1) is 12.5 Å². The number of ether oxygens (including phenoxy) is 1. The summed E-state index contributed by atoms with van der Waals surface area (Å²) in [6, 6.07) is 14.8. The van der Waals surface area contributed by atoms with Crippen LogP contribution < -0.4 is 15.0 Å². The summed E-state index contributed by atoms with van der Waals surface area (Å²) in [5.41, 5.74) is 1.50. The number of carbonyl (C=O) groups excluding carboxylic acids is 2. The maximum absolute atomic E-state index is 12.5. The molecule has 1 fully saturated rings. The number of rotatable bonds is 5. The molecule has 1 saturated heterocycles. The van der Waals surface area contributed by atoms with Gasteiger partial charge in [0.25, 0.3) is 0 Å². The van der Waals surface area contributed by atoms with Crippen LogP contribution in [0.15, 0.2) is 53.0 Å². The molecule has 0 saturated carbocycles. The maximum atomic E-state index is 12.5. The van der Waals surface area contributed by atoms with Gasteiger partial charge >= 0.3 is 0 Å². The van der Waals surface area contributed by atoms with Crippen molar-refractivity contribution in [3.05, 3.63) is 53.0 Å². The summed E-state index contributed by atoms with van der Waals surface area (Å²) in [6.45, 7) is 2.90. The zero-order valence-corrected chi connectivity index (χ0v) is 15.5. The molecule has 1 heterocycles. The quantitative estimate of drug-likeness (QED) is 0.826. The predicted octanol–water partition coefficient (Wildman–Crippen LogP) is 3.84. The van der Waals surface area contributed by atoms with Gasteiger partial charge in [0.15, 0.2) is 0 Å². The fourth-order valence-corrected chi connectivity index (χ4v) is 3.23. The van der Waals surface area contributed by atoms with E-state index in [1.54, 1.807) is 4.90 Å². The first-order valence-electron chi connectivity index (χ1n) is 8.16. The molecule has 130 valence electrons. The summed E-state index contributed by atoms with van der Waals surface area (Å²) >= 11 is 3.38. The van der Waals surface area contributed by atoms with Gasteiger partial charge in [-0.25, -0.2) is 0 Å². The zero-order valence-electron chi connectivity index (χ0n) is 13.9. The molecule has 5 nitrogen and oxygen atoms in total. The second-order valence-corrected chi connectivity index (χ2v) is 6.75. The molecule has 1 aliphatic heterocycles. The van der Waals surface area contributed by atoms with E-state index in [2.05, 4.69) is 21.2 Å². The number of nitrogens with zero attached hydrogens (tertiary/aromatic N) is 1. The van der Waals surface area contributed by atoms with Crippen LogP contribution in [0.2, 0.25) is 0 Å². The fourth-order valence-electron chi connectivity index (χ4n) is 2.83. The molecular formula is C19H19BrN2O3. The molecule has 2 amide bonds. The highest BCUT2D eigenvalue weighted by atomic mass is 79.9. The largest absolute Gasteiger partial charge is 0.494 e. The lowest BCUT2D eigenvalue weighted by Gasteiger charge is -2.17. The second kappa shape index (κ2) is 7.70. The molecule has 1 unspecified atom stereocenters. The van der Waals surface area contributed by atoms with Gasteiger partial charge in [0, 0.05) is 28.8 Å². The van der Waals surface area contributed by atoms with Gasteiger partial charge in [-0.15, -0.1) is 0 Å². The highest BCUT2D eigenvalue weighted by Gasteiger charge is 2.35. The number of hydrogen-bond donors (Lipinski definition) is 1. The number of anilines is 2. The standard InChI is InChI=1S/C19H19BrN2O3/c1-2-25-17-8-6-16(7-9-17)22-12-13(10-18(22)23)19(24)21-15-5-3-4-14(20)11-15/h3-9,11,13H,2,10,12H2,1H3,(H,21,24). The number of benzene rings is 2. The van der Waals surface area contributed by atoms with Crippen LogP contribution in [0.5, 0.6) is 5.75 Å². The lowest BCUT2D eigenvalue weighted by atomic mass is 10.1. The number of nitrogens with one attached hydrogen (secondary N) is 1. The van der Waals surface area contributed by atoms with E-state index in [9.17, 15) is 9.59 Å². The Morgan fingerprint density at radius 3 is 2.72 bits per heavy atom. The van der Waals surface area contributed by atoms with Crippen LogP contribution in [0.25, 0.3) is 0 Å². The number of amides is 2. The Hall–Kier alpha value is -2.34. The highest BCUT2D eigenvalue weighted by molar-refractivity contribution is 9.10. The van der Waals surface area contributed by atoms with Gasteiger partial charge in [-0.3, -0.25) is 9.59 Å². The Kier molecular flexibility index (Phi) is 5.38. The Bertz CT molecular complexity index is 776. The van der Waals surface area contributed by atoms with E-state index in [0.717, 1.165) is 15.9 Å². The van der Waals surface area contributed by atoms with Crippen LogP contribution in [0.1, 0.15) is 13.3 Å². The molecule has 0 bridgehead atoms. The van der Waals surface area contributed by atoms with E-state index in [1.807, 2.05) is 55.5 Å². The SMILES string of the molecule is CCOc1ccc(N2CC(C(=O)Nc3cccc(Br)c3)CC2=O)cc1. The minimum atomic E-state index is -0.363. The van der Waals surface area contributed by atoms with E-state index in [0.29, 0.717) is 18.8 Å². The van der Waals surface area contributed by atoms with Gasteiger partial charge in [0.1, 0.15) is 5.75 Å². The zero-order chi connectivity index (χ0) is 17.8. The Balaban J connectivity index is 1.66. The van der Waals surface area contributed by atoms with Crippen LogP contribution in [0.4, 0.5) is 11.4 Å². The topological polar surface area (TPSA) is 58.6 Å². The van der Waals surface area contributed by atoms with Crippen molar-refractivity contribution < 1.29 is 14.3 Å². The molecule has 1 aliphatic rings. The summed E-state index contributed by atoms with van der Waals surface area (Å²) in [6.07, 6.45) is 0.215. The molecule has 2 aromatic rings. The molecular weight excluding hydrogens is 384 g/mol. The summed E-state index contributed by atoms with van der Waals surface area (Å²) in [4.78, 5) is 26.4. The van der Waals surface area contributed by atoms with Crippen molar-refractivity contribution in [2.75, 3.05) is 23.4 Å². The van der Waals surface area contributed by atoms with Gasteiger partial charge in [-0.05, 0) is 49.4 Å². The number of hydrogen-bond acceptors (Lipinski definition) is 3. The molecule has 0 radical (unpaired) electrons. The van der Waals surface area contributed by atoms with Crippen molar-refractivity contribution >= 4 is 39.1 Å². The minimum absolute atomic E-state index is 0.0430. The van der Waals surface area contributed by atoms with Gasteiger partial charge in [-0.2, -0.15) is 0 Å². The Morgan fingerprint density at radius 1 is 1.28 bits per heavy atom. The van der Waals surface area contributed by atoms with Crippen LogP contribution in [0, 0.1) is 5.92 Å². The first-order valence-corrected chi connectivity index (χ1v) is 8.96. The summed E-state index contributed by atoms with van der Waals surface area (Å²) in [5.74, 6) is 0.221. The normalized spacial score (nSPS) is 16.8. The monoisotopic (exact) mass is 402 g/mol. The molecule has 0 aromatic heterocycles. The predicted molar refractivity (Wildman–Crippen MR) is 101 cm³/mol. The van der Waals surface area contributed by atoms with Crippen molar-refractivity contribution in [3.63, 3.8) is 0 Å². The van der Waals surface area contributed by atoms with Gasteiger partial charge in [-0.1, -0.05) is 22.0 Å². The Labute approximate surface area is 155 Å². The lowest BCUT2D eigenvalue weighted by Crippen LogP contribution is -2.28. The highest BCUT2D eigenvalue weighted by Crippen LogP contribution is 2.28. The van der Waals surface area contributed by atoms with Gasteiger partial charge < -0.3 is 15.0 Å². The molecule has 3 rings (SSSR count). The van der Waals surface area contributed by atoms with Crippen LogP contribution in [-0.2, 0) is 9.59 Å². The van der Waals surface area contributed by atoms with E-state index in [-0.39, 0.29) is 24.2 Å². The van der Waals surface area contributed by atoms with Crippen molar-refractivity contribution in [2.24, 2.45) is 5.92 Å². The molecule has 1 N–H and O–H groups in total. The lowest BCUT2D eigenvalue weighted by molar-refractivity contribution is -0.122. The van der Waals surface area contributed by atoms with E-state index < -0.39 is 0 Å². The van der Waals surface area contributed by atoms with Crippen molar-refractivity contribution in [3.8, 4) is 5.75 Å². The van der Waals surface area contributed by atoms with Crippen molar-refractivity contribution in [2.45, 2.75) is 13.3 Å². The number of halogens is 1. The Morgan fingerprint density at radius 2 is 2.04 bits per heavy atom. The molecule has 6 heteroatoms. The molecule has 2 aromatic carbocycles. The third kappa shape index (κ3) is 4.20.